The molecule has 23 heavy (non-hydrogen) atoms. The summed E-state index contributed by atoms with van der Waals surface area (Å²) < 4.78 is 0. The fourth-order valence-corrected chi connectivity index (χ4v) is 5.72. The van der Waals surface area contributed by atoms with Crippen molar-refractivity contribution in [2.75, 3.05) is 13.1 Å². The van der Waals surface area contributed by atoms with Gasteiger partial charge in [0.15, 0.2) is 0 Å². The Kier molecular flexibility index (Phi) is 4.70. The first-order valence-electron chi connectivity index (χ1n) is 9.69. The maximum Gasteiger partial charge on any atom is 0.0409 e. The molecule has 0 aromatic heterocycles. The third kappa shape index (κ3) is 3.46. The predicted octanol–water partition coefficient (Wildman–Crippen LogP) is 5.80. The molecule has 0 spiro atoms. The van der Waals surface area contributed by atoms with Gasteiger partial charge in [0.1, 0.15) is 0 Å². The molecule has 1 nitrogen and oxygen atoms in total. The Morgan fingerprint density at radius 3 is 2.48 bits per heavy atom. The first kappa shape index (κ1) is 16.0. The van der Waals surface area contributed by atoms with Crippen LogP contribution in [0.1, 0.15) is 68.4 Å². The number of likely N-dealkylation sites (tertiary alicyclic amines) is 1. The van der Waals surface area contributed by atoms with Crippen molar-refractivity contribution in [1.82, 2.24) is 4.90 Å². The van der Waals surface area contributed by atoms with E-state index in [2.05, 4.69) is 24.0 Å². The number of rotatable bonds is 2. The van der Waals surface area contributed by atoms with Crippen molar-refractivity contribution >= 4 is 11.6 Å². The monoisotopic (exact) mass is 331 g/mol. The lowest BCUT2D eigenvalue weighted by molar-refractivity contribution is 0.125. The van der Waals surface area contributed by atoms with Crippen LogP contribution in [-0.2, 0) is 0 Å². The van der Waals surface area contributed by atoms with Crippen molar-refractivity contribution < 1.29 is 0 Å². The molecule has 3 atom stereocenters. The second kappa shape index (κ2) is 6.76. The van der Waals surface area contributed by atoms with Crippen LogP contribution in [0.4, 0.5) is 0 Å². The topological polar surface area (TPSA) is 3.24 Å². The van der Waals surface area contributed by atoms with Gasteiger partial charge in [-0.25, -0.2) is 0 Å². The molecule has 0 N–H and O–H groups in total. The first-order chi connectivity index (χ1) is 11.2. The standard InChI is InChI=1S/C21H30ClN/c1-15-2-6-19(22)14-21(15)18-8-10-23(11-9-18)20-7-5-16-3-4-17(12-16)13-20/h2,6,14,16-18,20H,3-5,7-13H2,1H3/t16-,17?,20?/m1/s1. The summed E-state index contributed by atoms with van der Waals surface area (Å²) in [6.45, 7) is 4.82. The average molecular weight is 332 g/mol. The van der Waals surface area contributed by atoms with Crippen LogP contribution in [0.2, 0.25) is 5.02 Å². The minimum Gasteiger partial charge on any atom is -0.300 e. The van der Waals surface area contributed by atoms with Gasteiger partial charge in [0.2, 0.25) is 0 Å². The van der Waals surface area contributed by atoms with E-state index in [4.69, 9.17) is 11.6 Å². The Morgan fingerprint density at radius 2 is 1.65 bits per heavy atom. The summed E-state index contributed by atoms with van der Waals surface area (Å²) in [6.07, 6.45) is 11.6. The lowest BCUT2D eigenvalue weighted by atomic mass is 9.85. The number of fused-ring (bicyclic) bond motifs is 2. The Morgan fingerprint density at radius 1 is 0.913 bits per heavy atom. The smallest absolute Gasteiger partial charge is 0.0409 e. The minimum atomic E-state index is 0.715. The van der Waals surface area contributed by atoms with Gasteiger partial charge in [0, 0.05) is 11.1 Å². The average Bonchev–Trinajstić information content (AvgIpc) is 2.89. The first-order valence-corrected chi connectivity index (χ1v) is 10.1. The fraction of sp³-hybridized carbons (Fsp3) is 0.714. The second-order valence-corrected chi connectivity index (χ2v) is 8.76. The second-order valence-electron chi connectivity index (χ2n) is 8.32. The maximum absolute atomic E-state index is 6.23. The van der Waals surface area contributed by atoms with Gasteiger partial charge in [-0.3, -0.25) is 0 Å². The molecule has 4 rings (SSSR count). The molecule has 1 heterocycles. The van der Waals surface area contributed by atoms with E-state index >= 15 is 0 Å². The Bertz CT molecular complexity index is 547. The summed E-state index contributed by atoms with van der Waals surface area (Å²) in [6, 6.07) is 7.30. The number of aryl methyl sites for hydroxylation is 1. The van der Waals surface area contributed by atoms with Gasteiger partial charge in [-0.2, -0.15) is 0 Å². The molecule has 126 valence electrons. The Labute approximate surface area is 146 Å². The molecule has 1 aliphatic heterocycles. The summed E-state index contributed by atoms with van der Waals surface area (Å²) in [5, 5.41) is 0.896. The van der Waals surface area contributed by atoms with Gasteiger partial charge in [-0.15, -0.1) is 0 Å². The van der Waals surface area contributed by atoms with Gasteiger partial charge < -0.3 is 4.90 Å². The van der Waals surface area contributed by atoms with Gasteiger partial charge in [0.25, 0.3) is 0 Å². The Balaban J connectivity index is 1.38. The highest BCUT2D eigenvalue weighted by molar-refractivity contribution is 6.30. The van der Waals surface area contributed by atoms with Crippen LogP contribution in [0, 0.1) is 18.8 Å². The fourth-order valence-electron chi connectivity index (χ4n) is 5.54. The van der Waals surface area contributed by atoms with Crippen molar-refractivity contribution in [3.05, 3.63) is 34.3 Å². The summed E-state index contributed by atoms with van der Waals surface area (Å²) in [5.41, 5.74) is 2.91. The molecule has 0 radical (unpaired) electrons. The number of nitrogens with zero attached hydrogens (tertiary/aromatic N) is 1. The molecule has 3 fully saturated rings. The third-order valence-corrected chi connectivity index (χ3v) is 7.13. The molecule has 2 aliphatic carbocycles. The molecular weight excluding hydrogens is 302 g/mol. The molecule has 1 aromatic carbocycles. The molecule has 2 saturated carbocycles. The van der Waals surface area contributed by atoms with Crippen LogP contribution in [0.3, 0.4) is 0 Å². The van der Waals surface area contributed by atoms with Crippen molar-refractivity contribution in [2.45, 2.75) is 70.3 Å². The van der Waals surface area contributed by atoms with E-state index in [1.54, 1.807) is 0 Å². The summed E-state index contributed by atoms with van der Waals surface area (Å²) >= 11 is 6.23. The highest BCUT2D eigenvalue weighted by atomic mass is 35.5. The molecule has 1 aromatic rings. The Hall–Kier alpha value is -0.530. The van der Waals surface area contributed by atoms with Gasteiger partial charge in [-0.05, 0) is 99.6 Å². The van der Waals surface area contributed by atoms with E-state index in [-0.39, 0.29) is 0 Å². The zero-order valence-corrected chi connectivity index (χ0v) is 15.2. The van der Waals surface area contributed by atoms with Gasteiger partial charge in [0.05, 0.1) is 0 Å². The maximum atomic E-state index is 6.23. The number of hydrogen-bond acceptors (Lipinski definition) is 1. The van der Waals surface area contributed by atoms with E-state index in [1.165, 1.54) is 75.6 Å². The zero-order chi connectivity index (χ0) is 15.8. The molecular formula is C21H30ClN. The molecule has 1 saturated heterocycles. The SMILES string of the molecule is Cc1ccc(Cl)cc1C1CCN(C2CC[C@H]3CCC(C2)C3)CC1. The number of hydrogen-bond donors (Lipinski definition) is 0. The largest absolute Gasteiger partial charge is 0.300 e. The third-order valence-electron chi connectivity index (χ3n) is 6.89. The highest BCUT2D eigenvalue weighted by Crippen LogP contribution is 2.42. The van der Waals surface area contributed by atoms with E-state index in [0.29, 0.717) is 5.92 Å². The van der Waals surface area contributed by atoms with Crippen LogP contribution >= 0.6 is 11.6 Å². The molecule has 3 aliphatic rings. The van der Waals surface area contributed by atoms with E-state index < -0.39 is 0 Å². The molecule has 2 unspecified atom stereocenters. The van der Waals surface area contributed by atoms with E-state index in [1.807, 2.05) is 6.07 Å². The normalized spacial score (nSPS) is 32.9. The van der Waals surface area contributed by atoms with Crippen LogP contribution < -0.4 is 0 Å². The van der Waals surface area contributed by atoms with Crippen LogP contribution in [0.5, 0.6) is 0 Å². The van der Waals surface area contributed by atoms with E-state index in [9.17, 15) is 0 Å². The zero-order valence-electron chi connectivity index (χ0n) is 14.4. The van der Waals surface area contributed by atoms with Gasteiger partial charge >= 0.3 is 0 Å². The van der Waals surface area contributed by atoms with Crippen LogP contribution in [-0.4, -0.2) is 24.0 Å². The summed E-state index contributed by atoms with van der Waals surface area (Å²) in [5.74, 6) is 2.82. The predicted molar refractivity (Wildman–Crippen MR) is 98.2 cm³/mol. The number of benzene rings is 1. The van der Waals surface area contributed by atoms with Crippen LogP contribution in [0.25, 0.3) is 0 Å². The quantitative estimate of drug-likeness (QED) is 0.662. The van der Waals surface area contributed by atoms with Gasteiger partial charge in [-0.1, -0.05) is 30.5 Å². The minimum absolute atomic E-state index is 0.715. The highest BCUT2D eigenvalue weighted by Gasteiger charge is 2.34. The van der Waals surface area contributed by atoms with Crippen molar-refractivity contribution in [2.24, 2.45) is 11.8 Å². The lowest BCUT2D eigenvalue weighted by Crippen LogP contribution is -2.41. The summed E-state index contributed by atoms with van der Waals surface area (Å²) in [4.78, 5) is 2.83. The lowest BCUT2D eigenvalue weighted by Gasteiger charge is -2.39. The molecule has 2 heteroatoms. The van der Waals surface area contributed by atoms with Crippen molar-refractivity contribution in [3.8, 4) is 0 Å². The molecule has 0 amide bonds. The number of halogens is 1. The van der Waals surface area contributed by atoms with Crippen molar-refractivity contribution in [3.63, 3.8) is 0 Å². The number of piperidine rings is 1. The van der Waals surface area contributed by atoms with Crippen LogP contribution in [0.15, 0.2) is 18.2 Å². The van der Waals surface area contributed by atoms with Crippen molar-refractivity contribution in [1.29, 1.82) is 0 Å². The molecule has 2 bridgehead atoms. The summed E-state index contributed by atoms with van der Waals surface area (Å²) in [7, 11) is 0. The van der Waals surface area contributed by atoms with E-state index in [0.717, 1.165) is 22.9 Å².